The van der Waals surface area contributed by atoms with Crippen LogP contribution in [0.2, 0.25) is 0 Å². The highest BCUT2D eigenvalue weighted by Crippen LogP contribution is 2.43. The fourth-order valence-electron chi connectivity index (χ4n) is 5.04. The minimum absolute atomic E-state index is 0.162. The average molecular weight is 532 g/mol. The summed E-state index contributed by atoms with van der Waals surface area (Å²) in [5.41, 5.74) is 2.39. The number of hydrogen-bond donors (Lipinski definition) is 1. The van der Waals surface area contributed by atoms with Crippen molar-refractivity contribution >= 4 is 22.6 Å². The lowest BCUT2D eigenvalue weighted by molar-refractivity contribution is -0.126. The molecule has 5 rings (SSSR count). The van der Waals surface area contributed by atoms with Crippen LogP contribution in [0.4, 0.5) is 14.6 Å². The van der Waals surface area contributed by atoms with Gasteiger partial charge in [-0.05, 0) is 49.8 Å². The fraction of sp³-hybridized carbons (Fsp3) is 0.241. The Hall–Kier alpha value is -4.60. The number of benzene rings is 1. The van der Waals surface area contributed by atoms with Crippen LogP contribution in [0.5, 0.6) is 11.6 Å². The number of ether oxygens (including phenoxy) is 1. The highest BCUT2D eigenvalue weighted by Gasteiger charge is 2.28. The summed E-state index contributed by atoms with van der Waals surface area (Å²) in [6.45, 7) is 9.03. The van der Waals surface area contributed by atoms with E-state index in [4.69, 9.17) is 9.72 Å². The molecule has 0 atom stereocenters. The van der Waals surface area contributed by atoms with Crippen molar-refractivity contribution in [1.82, 2.24) is 19.9 Å². The summed E-state index contributed by atoms with van der Waals surface area (Å²) in [5.74, 6) is -1.55. The number of aromatic nitrogens is 3. The molecule has 1 N–H and O–H groups in total. The molecule has 1 aliphatic heterocycles. The van der Waals surface area contributed by atoms with E-state index in [2.05, 4.69) is 16.5 Å². The number of piperazine rings is 1. The number of carbonyl (C=O) groups is 1. The first-order chi connectivity index (χ1) is 18.7. The first kappa shape index (κ1) is 26.0. The zero-order chi connectivity index (χ0) is 27.8. The van der Waals surface area contributed by atoms with E-state index in [0.717, 1.165) is 11.6 Å². The van der Waals surface area contributed by atoms with Gasteiger partial charge in [0.15, 0.2) is 5.82 Å². The van der Waals surface area contributed by atoms with Gasteiger partial charge in [-0.25, -0.2) is 13.8 Å². The average Bonchev–Trinajstić information content (AvgIpc) is 2.92. The number of phenolic OH excluding ortho intramolecular Hbond substituents is 1. The zero-order valence-electron chi connectivity index (χ0n) is 21.8. The van der Waals surface area contributed by atoms with Gasteiger partial charge in [0.25, 0.3) is 0 Å². The topological polar surface area (TPSA) is 91.7 Å². The van der Waals surface area contributed by atoms with Crippen molar-refractivity contribution in [2.75, 3.05) is 38.2 Å². The van der Waals surface area contributed by atoms with Crippen LogP contribution in [0.15, 0.2) is 49.2 Å². The third-order valence-electron chi connectivity index (χ3n) is 6.96. The van der Waals surface area contributed by atoms with Crippen molar-refractivity contribution in [2.24, 2.45) is 0 Å². The normalized spacial score (nSPS) is 13.6. The van der Waals surface area contributed by atoms with E-state index in [1.165, 1.54) is 31.4 Å². The van der Waals surface area contributed by atoms with Gasteiger partial charge < -0.3 is 19.6 Å². The lowest BCUT2D eigenvalue weighted by atomic mass is 9.97. The van der Waals surface area contributed by atoms with Gasteiger partial charge in [-0.3, -0.25) is 9.78 Å². The van der Waals surface area contributed by atoms with Crippen LogP contribution in [0.25, 0.3) is 33.3 Å². The van der Waals surface area contributed by atoms with Crippen LogP contribution < -0.4 is 9.64 Å². The number of hydrogen-bond acceptors (Lipinski definition) is 7. The lowest BCUT2D eigenvalue weighted by Gasteiger charge is -2.35. The summed E-state index contributed by atoms with van der Waals surface area (Å²) in [6.07, 6.45) is 2.96. The molecule has 1 fully saturated rings. The molecule has 1 aliphatic rings. The van der Waals surface area contributed by atoms with E-state index in [9.17, 15) is 14.3 Å². The third-order valence-corrected chi connectivity index (χ3v) is 6.96. The Morgan fingerprint density at radius 1 is 1.05 bits per heavy atom. The van der Waals surface area contributed by atoms with E-state index < -0.39 is 17.4 Å². The van der Waals surface area contributed by atoms with Gasteiger partial charge in [-0.1, -0.05) is 12.6 Å². The zero-order valence-corrected chi connectivity index (χ0v) is 21.8. The van der Waals surface area contributed by atoms with Crippen LogP contribution in [-0.4, -0.2) is 64.2 Å². The quantitative estimate of drug-likeness (QED) is 0.370. The Bertz CT molecular complexity index is 1580. The summed E-state index contributed by atoms with van der Waals surface area (Å²) in [4.78, 5) is 29.6. The Kier molecular flexibility index (Phi) is 6.86. The molecule has 0 aliphatic carbocycles. The standard InChI is InChI=1S/C29H27F2N5O3/c1-5-22(38)35-11-13-36(14-12-35)28-18-15-20(31)27(24-19(30)7-6-8-21(24)37)33-26(18)25(29(34-28)39-4)23-16(2)9-10-32-17(23)3/h5-10,15,37H,1,11-14H2,2-4H3. The van der Waals surface area contributed by atoms with Gasteiger partial charge in [0.05, 0.1) is 23.8 Å². The smallest absolute Gasteiger partial charge is 0.246 e. The van der Waals surface area contributed by atoms with Gasteiger partial charge in [0.2, 0.25) is 11.8 Å². The summed E-state index contributed by atoms with van der Waals surface area (Å²) < 4.78 is 36.3. The Morgan fingerprint density at radius 3 is 2.44 bits per heavy atom. The molecule has 8 nitrogen and oxygen atoms in total. The monoisotopic (exact) mass is 531 g/mol. The maximum atomic E-state index is 15.7. The van der Waals surface area contributed by atoms with Crippen LogP contribution in [-0.2, 0) is 4.79 Å². The molecule has 10 heteroatoms. The Labute approximate surface area is 224 Å². The molecule has 39 heavy (non-hydrogen) atoms. The van der Waals surface area contributed by atoms with Crippen LogP contribution in [0.1, 0.15) is 11.3 Å². The maximum Gasteiger partial charge on any atom is 0.246 e. The van der Waals surface area contributed by atoms with Gasteiger partial charge in [-0.15, -0.1) is 0 Å². The van der Waals surface area contributed by atoms with Crippen molar-refractivity contribution in [3.63, 3.8) is 0 Å². The number of aromatic hydroxyl groups is 1. The number of rotatable bonds is 5. The number of amides is 1. The Morgan fingerprint density at radius 2 is 1.79 bits per heavy atom. The Balaban J connectivity index is 1.80. The summed E-state index contributed by atoms with van der Waals surface area (Å²) in [7, 11) is 1.48. The molecule has 4 heterocycles. The largest absolute Gasteiger partial charge is 0.507 e. The molecule has 3 aromatic heterocycles. The molecular weight excluding hydrogens is 504 g/mol. The van der Waals surface area contributed by atoms with Gasteiger partial charge in [0, 0.05) is 49.0 Å². The summed E-state index contributed by atoms with van der Waals surface area (Å²) in [6, 6.07) is 6.85. The second-order valence-electron chi connectivity index (χ2n) is 9.27. The van der Waals surface area contributed by atoms with E-state index in [1.807, 2.05) is 24.8 Å². The number of carbonyl (C=O) groups excluding carboxylic acids is 1. The van der Waals surface area contributed by atoms with Crippen molar-refractivity contribution < 1.29 is 23.4 Å². The number of nitrogens with zero attached hydrogens (tertiary/aromatic N) is 5. The molecule has 4 aromatic rings. The number of anilines is 1. The van der Waals surface area contributed by atoms with Gasteiger partial charge >= 0.3 is 0 Å². The van der Waals surface area contributed by atoms with Crippen molar-refractivity contribution in [2.45, 2.75) is 13.8 Å². The predicted octanol–water partition coefficient (Wildman–Crippen LogP) is 4.80. The lowest BCUT2D eigenvalue weighted by Crippen LogP contribution is -2.48. The van der Waals surface area contributed by atoms with E-state index in [0.29, 0.717) is 59.7 Å². The number of halogens is 2. The molecule has 200 valence electrons. The third kappa shape index (κ3) is 4.52. The SMILES string of the molecule is C=CC(=O)N1CCN(c2nc(OC)c(-c3c(C)ccnc3C)c3nc(-c4c(O)cccc4F)c(F)cc23)CC1. The first-order valence-corrected chi connectivity index (χ1v) is 12.4. The molecule has 1 amide bonds. The highest BCUT2D eigenvalue weighted by atomic mass is 19.1. The molecule has 0 unspecified atom stereocenters. The molecule has 1 aromatic carbocycles. The fourth-order valence-corrected chi connectivity index (χ4v) is 5.04. The molecule has 0 radical (unpaired) electrons. The number of pyridine rings is 3. The van der Waals surface area contributed by atoms with Crippen molar-refractivity contribution in [1.29, 1.82) is 0 Å². The first-order valence-electron chi connectivity index (χ1n) is 12.4. The predicted molar refractivity (Wildman–Crippen MR) is 145 cm³/mol. The van der Waals surface area contributed by atoms with Crippen molar-refractivity contribution in [3.8, 4) is 34.0 Å². The van der Waals surface area contributed by atoms with E-state index in [1.54, 1.807) is 11.1 Å². The number of fused-ring (bicyclic) bond motifs is 1. The molecule has 1 saturated heterocycles. The van der Waals surface area contributed by atoms with E-state index in [-0.39, 0.29) is 23.0 Å². The number of aryl methyl sites for hydroxylation is 2. The minimum atomic E-state index is -0.817. The number of methoxy groups -OCH3 is 1. The second kappa shape index (κ2) is 10.3. The molecular formula is C29H27F2N5O3. The van der Waals surface area contributed by atoms with Crippen LogP contribution in [0, 0.1) is 25.5 Å². The highest BCUT2D eigenvalue weighted by molar-refractivity contribution is 6.04. The van der Waals surface area contributed by atoms with Crippen LogP contribution in [0.3, 0.4) is 0 Å². The van der Waals surface area contributed by atoms with Crippen molar-refractivity contribution in [3.05, 3.63) is 72.1 Å². The van der Waals surface area contributed by atoms with E-state index >= 15 is 4.39 Å². The molecule has 0 bridgehead atoms. The summed E-state index contributed by atoms with van der Waals surface area (Å²) >= 11 is 0. The van der Waals surface area contributed by atoms with Crippen LogP contribution >= 0.6 is 0 Å². The molecule has 0 saturated carbocycles. The molecule has 0 spiro atoms. The number of phenols is 1. The van der Waals surface area contributed by atoms with Gasteiger partial charge in [0.1, 0.15) is 23.1 Å². The summed E-state index contributed by atoms with van der Waals surface area (Å²) in [5, 5.41) is 10.8. The maximum absolute atomic E-state index is 15.7. The minimum Gasteiger partial charge on any atom is -0.507 e. The van der Waals surface area contributed by atoms with Gasteiger partial charge in [-0.2, -0.15) is 4.98 Å². The second-order valence-corrected chi connectivity index (χ2v) is 9.27.